The predicted octanol–water partition coefficient (Wildman–Crippen LogP) is 2.53. The Kier molecular flexibility index (Phi) is 3.72. The summed E-state index contributed by atoms with van der Waals surface area (Å²) in [4.78, 5) is 24.0. The Bertz CT molecular complexity index is 742. The minimum Gasteiger partial charge on any atom is -0.390 e. The van der Waals surface area contributed by atoms with Crippen molar-refractivity contribution in [2.75, 3.05) is 0 Å². The first kappa shape index (κ1) is 18.1. The second kappa shape index (κ2) is 5.35. The summed E-state index contributed by atoms with van der Waals surface area (Å²) in [6.07, 6.45) is 4.80. The Morgan fingerprint density at radius 1 is 1.31 bits per heavy atom. The highest BCUT2D eigenvalue weighted by molar-refractivity contribution is 6.01. The molecule has 0 amide bonds. The summed E-state index contributed by atoms with van der Waals surface area (Å²) in [5, 5.41) is 21.8. The number of hydrogen-bond acceptors (Lipinski definition) is 4. The lowest BCUT2D eigenvalue weighted by Gasteiger charge is -2.61. The van der Waals surface area contributed by atoms with Crippen LogP contribution in [0.15, 0.2) is 23.8 Å². The monoisotopic (exact) mass is 362 g/mol. The molecule has 4 rings (SSSR count). The minimum atomic E-state index is -1.90. The van der Waals surface area contributed by atoms with Gasteiger partial charge >= 0.3 is 0 Å². The first-order valence-electron chi connectivity index (χ1n) is 9.61. The van der Waals surface area contributed by atoms with E-state index in [9.17, 15) is 19.8 Å². The van der Waals surface area contributed by atoms with Crippen molar-refractivity contribution in [3.63, 3.8) is 0 Å². The molecule has 0 aromatic carbocycles. The Labute approximate surface area is 153 Å². The van der Waals surface area contributed by atoms with E-state index in [2.05, 4.69) is 0 Å². The fourth-order valence-electron chi connectivity index (χ4n) is 6.67. The largest absolute Gasteiger partial charge is 0.390 e. The maximum atomic E-state index is 16.7. The van der Waals surface area contributed by atoms with Gasteiger partial charge in [-0.15, -0.1) is 0 Å². The third-order valence-electron chi connectivity index (χ3n) is 8.03. The number of alkyl halides is 1. The molecule has 3 fully saturated rings. The molecule has 142 valence electrons. The number of carbonyl (C=O) groups excluding carboxylic acids is 2. The van der Waals surface area contributed by atoms with E-state index in [1.165, 1.54) is 19.1 Å². The first-order valence-corrected chi connectivity index (χ1v) is 9.61. The van der Waals surface area contributed by atoms with Gasteiger partial charge in [0.05, 0.1) is 6.10 Å². The molecule has 4 nitrogen and oxygen atoms in total. The van der Waals surface area contributed by atoms with Gasteiger partial charge in [0.25, 0.3) is 0 Å². The summed E-state index contributed by atoms with van der Waals surface area (Å²) in [6, 6.07) is 0. The molecule has 0 heterocycles. The van der Waals surface area contributed by atoms with Gasteiger partial charge in [0.1, 0.15) is 5.60 Å². The van der Waals surface area contributed by atoms with Gasteiger partial charge in [-0.25, -0.2) is 4.39 Å². The third-order valence-corrected chi connectivity index (χ3v) is 8.03. The number of allylic oxidation sites excluding steroid dienone is 4. The van der Waals surface area contributed by atoms with Crippen molar-refractivity contribution in [3.8, 4) is 0 Å². The van der Waals surface area contributed by atoms with E-state index < -0.39 is 34.6 Å². The van der Waals surface area contributed by atoms with Crippen LogP contribution in [0.5, 0.6) is 0 Å². The Morgan fingerprint density at radius 3 is 2.65 bits per heavy atom. The third kappa shape index (κ3) is 1.96. The summed E-state index contributed by atoms with van der Waals surface area (Å²) >= 11 is 0. The average molecular weight is 362 g/mol. The lowest BCUT2D eigenvalue weighted by Crippen LogP contribution is -2.67. The Morgan fingerprint density at radius 2 is 2.00 bits per heavy atom. The fraction of sp³-hybridized carbons (Fsp3) is 0.714. The molecule has 8 atom stereocenters. The van der Waals surface area contributed by atoms with E-state index in [4.69, 9.17) is 0 Å². The number of carbonyl (C=O) groups is 2. The van der Waals surface area contributed by atoms with E-state index in [0.29, 0.717) is 19.3 Å². The van der Waals surface area contributed by atoms with Crippen LogP contribution < -0.4 is 0 Å². The van der Waals surface area contributed by atoms with Gasteiger partial charge in [0.2, 0.25) is 0 Å². The Hall–Kier alpha value is -1.33. The van der Waals surface area contributed by atoms with Gasteiger partial charge in [0, 0.05) is 17.3 Å². The van der Waals surface area contributed by atoms with E-state index in [-0.39, 0.29) is 29.8 Å². The van der Waals surface area contributed by atoms with Crippen molar-refractivity contribution >= 4 is 11.6 Å². The van der Waals surface area contributed by atoms with Crippen molar-refractivity contribution in [2.45, 2.75) is 63.8 Å². The standard InChI is InChI=1S/C21H27FO4/c1-11-8-17-14-5-7-20(26,12(2)23)16(14)10-18(25)21(17,22)19(3)6-4-13(24)9-15(11)19/h4,6,9,11,14,16-18,25-26H,5,7-8,10H2,1-3H3/t11-,14?,16?,17?,18+,19-,20-,21-/m0/s1. The Balaban J connectivity index is 1.82. The van der Waals surface area contributed by atoms with E-state index in [0.717, 1.165) is 5.57 Å². The molecule has 3 saturated carbocycles. The zero-order valence-corrected chi connectivity index (χ0v) is 15.5. The van der Waals surface area contributed by atoms with E-state index in [1.54, 1.807) is 13.0 Å². The zero-order valence-electron chi connectivity index (χ0n) is 15.5. The molecule has 4 aliphatic rings. The van der Waals surface area contributed by atoms with Crippen LogP contribution in [0.3, 0.4) is 0 Å². The molecular weight excluding hydrogens is 335 g/mol. The smallest absolute Gasteiger partial charge is 0.178 e. The summed E-state index contributed by atoms with van der Waals surface area (Å²) < 4.78 is 16.7. The van der Waals surface area contributed by atoms with Gasteiger partial charge in [-0.05, 0) is 63.5 Å². The molecule has 4 aliphatic carbocycles. The summed E-state index contributed by atoms with van der Waals surface area (Å²) in [5.41, 5.74) is -3.64. The minimum absolute atomic E-state index is 0.0137. The second-order valence-electron chi connectivity index (χ2n) is 9.09. The van der Waals surface area contributed by atoms with Gasteiger partial charge in [-0.1, -0.05) is 18.6 Å². The normalized spacial score (nSPS) is 52.8. The van der Waals surface area contributed by atoms with Crippen LogP contribution >= 0.6 is 0 Å². The number of halogens is 1. The van der Waals surface area contributed by atoms with Crippen molar-refractivity contribution in [1.82, 2.24) is 0 Å². The van der Waals surface area contributed by atoms with Gasteiger partial charge in [0.15, 0.2) is 17.2 Å². The number of aliphatic hydroxyl groups is 2. The highest BCUT2D eigenvalue weighted by atomic mass is 19.1. The molecule has 0 spiro atoms. The molecule has 0 saturated heterocycles. The predicted molar refractivity (Wildman–Crippen MR) is 93.9 cm³/mol. The van der Waals surface area contributed by atoms with Crippen LogP contribution in [0, 0.1) is 29.1 Å². The highest BCUT2D eigenvalue weighted by Gasteiger charge is 2.70. The number of aliphatic hydroxyl groups excluding tert-OH is 1. The lowest BCUT2D eigenvalue weighted by molar-refractivity contribution is -0.193. The van der Waals surface area contributed by atoms with E-state index in [1.807, 2.05) is 6.92 Å². The summed E-state index contributed by atoms with van der Waals surface area (Å²) in [7, 11) is 0. The number of ketones is 2. The van der Waals surface area contributed by atoms with Gasteiger partial charge < -0.3 is 10.2 Å². The molecule has 3 unspecified atom stereocenters. The molecule has 0 bridgehead atoms. The zero-order chi connectivity index (χ0) is 19.1. The molecule has 26 heavy (non-hydrogen) atoms. The van der Waals surface area contributed by atoms with Crippen LogP contribution in [0.1, 0.15) is 46.5 Å². The molecule has 2 N–H and O–H groups in total. The molecule has 0 radical (unpaired) electrons. The molecular formula is C21H27FO4. The summed E-state index contributed by atoms with van der Waals surface area (Å²) in [6.45, 7) is 5.16. The van der Waals surface area contributed by atoms with Gasteiger partial charge in [-0.3, -0.25) is 9.59 Å². The van der Waals surface area contributed by atoms with Gasteiger partial charge in [-0.2, -0.15) is 0 Å². The van der Waals surface area contributed by atoms with Crippen molar-refractivity contribution < 1.29 is 24.2 Å². The maximum Gasteiger partial charge on any atom is 0.178 e. The maximum absolute atomic E-state index is 16.7. The number of Topliss-reactive ketones (excluding diaryl/α,β-unsaturated/α-hetero) is 1. The van der Waals surface area contributed by atoms with Crippen LogP contribution in [0.2, 0.25) is 0 Å². The topological polar surface area (TPSA) is 74.6 Å². The highest BCUT2D eigenvalue weighted by Crippen LogP contribution is 2.66. The SMILES string of the molecule is CC(=O)[C@@]1(O)CCC2C1C[C@@H](O)[C@@]1(F)C2C[C@H](C)C2=CC(=O)C=C[C@@]21C. The number of fused-ring (bicyclic) bond motifs is 5. The van der Waals surface area contributed by atoms with Crippen LogP contribution in [-0.2, 0) is 9.59 Å². The number of rotatable bonds is 1. The van der Waals surface area contributed by atoms with Crippen LogP contribution in [0.25, 0.3) is 0 Å². The van der Waals surface area contributed by atoms with Crippen LogP contribution in [0.4, 0.5) is 4.39 Å². The number of hydrogen-bond donors (Lipinski definition) is 2. The summed E-state index contributed by atoms with van der Waals surface area (Å²) in [5.74, 6) is -1.40. The second-order valence-corrected chi connectivity index (χ2v) is 9.09. The van der Waals surface area contributed by atoms with Crippen molar-refractivity contribution in [3.05, 3.63) is 23.8 Å². The molecule has 0 aromatic heterocycles. The molecule has 5 heteroatoms. The molecule has 0 aliphatic heterocycles. The van der Waals surface area contributed by atoms with Crippen LogP contribution in [-0.4, -0.2) is 39.2 Å². The van der Waals surface area contributed by atoms with Crippen molar-refractivity contribution in [2.24, 2.45) is 29.1 Å². The van der Waals surface area contributed by atoms with Crippen molar-refractivity contribution in [1.29, 1.82) is 0 Å². The average Bonchev–Trinajstić information content (AvgIpc) is 2.91. The fourth-order valence-corrected chi connectivity index (χ4v) is 6.67. The lowest BCUT2D eigenvalue weighted by atomic mass is 9.46. The molecule has 0 aromatic rings. The first-order chi connectivity index (χ1) is 12.1. The quantitative estimate of drug-likeness (QED) is 0.752. The van der Waals surface area contributed by atoms with E-state index >= 15 is 4.39 Å².